The minimum atomic E-state index is -0.864. The van der Waals surface area contributed by atoms with Crippen molar-refractivity contribution in [2.75, 3.05) is 31.7 Å². The molecule has 1 atom stereocenters. The third-order valence-electron chi connectivity index (χ3n) is 3.44. The Morgan fingerprint density at radius 2 is 2.32 bits per heavy atom. The quantitative estimate of drug-likeness (QED) is 0.830. The maximum absolute atomic E-state index is 11.4. The lowest BCUT2D eigenvalue weighted by molar-refractivity contribution is 0.0694. The smallest absolute Gasteiger partial charge is 0.338 e. The van der Waals surface area contributed by atoms with E-state index in [1.807, 2.05) is 24.5 Å². The fourth-order valence-electron chi connectivity index (χ4n) is 2.55. The van der Waals surface area contributed by atoms with Gasteiger partial charge in [0.25, 0.3) is 0 Å². The Morgan fingerprint density at radius 1 is 1.53 bits per heavy atom. The van der Waals surface area contributed by atoms with Gasteiger partial charge in [0.05, 0.1) is 11.3 Å². The van der Waals surface area contributed by atoms with Crippen molar-refractivity contribution < 1.29 is 9.90 Å². The molecule has 0 aliphatic carbocycles. The molecule has 2 N–H and O–H groups in total. The summed E-state index contributed by atoms with van der Waals surface area (Å²) in [4.78, 5) is 14.5. The lowest BCUT2D eigenvalue weighted by Gasteiger charge is -2.31. The molecule has 1 aromatic rings. The maximum atomic E-state index is 11.4. The first-order valence-corrected chi connectivity index (χ1v) is 7.69. The normalized spacial score (nSPS) is 20.2. The number of anilines is 1. The van der Waals surface area contributed by atoms with Crippen LogP contribution in [0.3, 0.4) is 0 Å². The van der Waals surface area contributed by atoms with Crippen molar-refractivity contribution in [1.29, 1.82) is 0 Å². The molecule has 5 heteroatoms. The van der Waals surface area contributed by atoms with Crippen molar-refractivity contribution in [3.63, 3.8) is 0 Å². The van der Waals surface area contributed by atoms with E-state index in [-0.39, 0.29) is 0 Å². The standard InChI is InChI=1S/C14H20N2O2S/c1-16-8-4-5-10(9-16)15-11-6-3-7-12(19-2)13(11)14(17)18/h3,6-7,10,15H,4-5,8-9H2,1-2H3,(H,17,18). The van der Waals surface area contributed by atoms with Crippen LogP contribution in [-0.4, -0.2) is 48.4 Å². The van der Waals surface area contributed by atoms with Crippen molar-refractivity contribution in [2.45, 2.75) is 23.8 Å². The van der Waals surface area contributed by atoms with Gasteiger partial charge in [-0.1, -0.05) is 6.07 Å². The van der Waals surface area contributed by atoms with E-state index in [0.29, 0.717) is 11.6 Å². The molecule has 0 spiro atoms. The molecule has 2 rings (SSSR count). The van der Waals surface area contributed by atoms with Crippen molar-refractivity contribution in [1.82, 2.24) is 4.90 Å². The van der Waals surface area contributed by atoms with E-state index in [9.17, 15) is 9.90 Å². The Morgan fingerprint density at radius 3 is 2.95 bits per heavy atom. The Hall–Kier alpha value is -1.20. The summed E-state index contributed by atoms with van der Waals surface area (Å²) >= 11 is 1.47. The summed E-state index contributed by atoms with van der Waals surface area (Å²) in [6.45, 7) is 2.08. The van der Waals surface area contributed by atoms with Gasteiger partial charge in [-0.2, -0.15) is 0 Å². The lowest BCUT2D eigenvalue weighted by Crippen LogP contribution is -2.40. The van der Waals surface area contributed by atoms with E-state index < -0.39 is 5.97 Å². The molecule has 19 heavy (non-hydrogen) atoms. The topological polar surface area (TPSA) is 52.6 Å². The Kier molecular flexibility index (Phi) is 4.71. The lowest BCUT2D eigenvalue weighted by atomic mass is 10.0. The zero-order valence-electron chi connectivity index (χ0n) is 11.3. The van der Waals surface area contributed by atoms with Gasteiger partial charge in [-0.15, -0.1) is 11.8 Å². The van der Waals surface area contributed by atoms with Crippen LogP contribution in [0.1, 0.15) is 23.2 Å². The van der Waals surface area contributed by atoms with Crippen LogP contribution in [0.4, 0.5) is 5.69 Å². The van der Waals surface area contributed by atoms with E-state index >= 15 is 0 Å². The predicted octanol–water partition coefficient (Wildman–Crippen LogP) is 2.61. The molecular weight excluding hydrogens is 260 g/mol. The van der Waals surface area contributed by atoms with Crippen LogP contribution >= 0.6 is 11.8 Å². The van der Waals surface area contributed by atoms with Gasteiger partial charge < -0.3 is 15.3 Å². The molecule has 4 nitrogen and oxygen atoms in total. The number of likely N-dealkylation sites (N-methyl/N-ethyl adjacent to an activating group) is 1. The number of benzene rings is 1. The van der Waals surface area contributed by atoms with Crippen LogP contribution in [0.5, 0.6) is 0 Å². The number of hydrogen-bond acceptors (Lipinski definition) is 4. The Bertz CT molecular complexity index is 465. The summed E-state index contributed by atoms with van der Waals surface area (Å²) in [6, 6.07) is 5.95. The number of carboxylic acids is 1. The van der Waals surface area contributed by atoms with E-state index in [0.717, 1.165) is 36.5 Å². The molecule has 1 saturated heterocycles. The monoisotopic (exact) mass is 280 g/mol. The first-order valence-electron chi connectivity index (χ1n) is 6.47. The molecule has 1 aromatic carbocycles. The van der Waals surface area contributed by atoms with Gasteiger partial charge in [0.15, 0.2) is 0 Å². The second-order valence-corrected chi connectivity index (χ2v) is 5.78. The zero-order valence-corrected chi connectivity index (χ0v) is 12.2. The summed E-state index contributed by atoms with van der Waals surface area (Å²) in [5.74, 6) is -0.864. The summed E-state index contributed by atoms with van der Waals surface area (Å²) in [6.07, 6.45) is 4.14. The Labute approximate surface area is 118 Å². The van der Waals surface area contributed by atoms with Crippen molar-refractivity contribution in [2.24, 2.45) is 0 Å². The molecule has 0 bridgehead atoms. The van der Waals surface area contributed by atoms with Gasteiger partial charge in [0.2, 0.25) is 0 Å². The number of carbonyl (C=O) groups is 1. The molecule has 0 aromatic heterocycles. The zero-order chi connectivity index (χ0) is 13.8. The molecular formula is C14H20N2O2S. The number of aromatic carboxylic acids is 1. The van der Waals surface area contributed by atoms with Crippen molar-refractivity contribution in [3.8, 4) is 0 Å². The van der Waals surface area contributed by atoms with Gasteiger partial charge in [-0.25, -0.2) is 4.79 Å². The van der Waals surface area contributed by atoms with E-state index in [4.69, 9.17) is 0 Å². The van der Waals surface area contributed by atoms with Gasteiger partial charge in [0.1, 0.15) is 0 Å². The number of hydrogen-bond donors (Lipinski definition) is 2. The third kappa shape index (κ3) is 3.42. The van der Waals surface area contributed by atoms with Gasteiger partial charge in [0, 0.05) is 17.5 Å². The van der Waals surface area contributed by atoms with Crippen LogP contribution in [0.15, 0.2) is 23.1 Å². The number of thioether (sulfide) groups is 1. The number of carboxylic acid groups (broad SMARTS) is 1. The van der Waals surface area contributed by atoms with Crippen LogP contribution in [0.2, 0.25) is 0 Å². The van der Waals surface area contributed by atoms with Gasteiger partial charge >= 0.3 is 5.97 Å². The van der Waals surface area contributed by atoms with Crippen LogP contribution < -0.4 is 5.32 Å². The minimum Gasteiger partial charge on any atom is -0.478 e. The maximum Gasteiger partial charge on any atom is 0.338 e. The number of nitrogens with zero attached hydrogens (tertiary/aromatic N) is 1. The average molecular weight is 280 g/mol. The highest BCUT2D eigenvalue weighted by atomic mass is 32.2. The molecule has 0 saturated carbocycles. The number of likely N-dealkylation sites (tertiary alicyclic amines) is 1. The first-order chi connectivity index (χ1) is 9.11. The van der Waals surface area contributed by atoms with E-state index in [1.165, 1.54) is 11.8 Å². The Balaban J connectivity index is 2.21. The summed E-state index contributed by atoms with van der Waals surface area (Å²) in [5, 5.41) is 12.8. The number of nitrogens with one attached hydrogen (secondary N) is 1. The van der Waals surface area contributed by atoms with E-state index in [1.54, 1.807) is 0 Å². The molecule has 1 aliphatic rings. The molecule has 1 aliphatic heterocycles. The second kappa shape index (κ2) is 6.30. The summed E-state index contributed by atoms with van der Waals surface area (Å²) in [7, 11) is 2.10. The largest absolute Gasteiger partial charge is 0.478 e. The van der Waals surface area contributed by atoms with E-state index in [2.05, 4.69) is 17.3 Å². The second-order valence-electron chi connectivity index (χ2n) is 4.93. The molecule has 1 fully saturated rings. The van der Waals surface area contributed by atoms with Crippen LogP contribution in [-0.2, 0) is 0 Å². The van der Waals surface area contributed by atoms with Gasteiger partial charge in [-0.3, -0.25) is 0 Å². The number of rotatable bonds is 4. The SMILES string of the molecule is CSc1cccc(NC2CCCN(C)C2)c1C(=O)O. The summed E-state index contributed by atoms with van der Waals surface area (Å²) in [5.41, 5.74) is 1.13. The fraction of sp³-hybridized carbons (Fsp3) is 0.500. The highest BCUT2D eigenvalue weighted by Gasteiger charge is 2.20. The van der Waals surface area contributed by atoms with Crippen molar-refractivity contribution in [3.05, 3.63) is 23.8 Å². The first kappa shape index (κ1) is 14.2. The molecule has 104 valence electrons. The third-order valence-corrected chi connectivity index (χ3v) is 4.22. The summed E-state index contributed by atoms with van der Waals surface area (Å²) < 4.78 is 0. The molecule has 0 amide bonds. The average Bonchev–Trinajstić information content (AvgIpc) is 2.38. The predicted molar refractivity (Wildman–Crippen MR) is 79.3 cm³/mol. The van der Waals surface area contributed by atoms with Gasteiger partial charge in [-0.05, 0) is 44.8 Å². The van der Waals surface area contributed by atoms with Crippen LogP contribution in [0.25, 0.3) is 0 Å². The fourth-order valence-corrected chi connectivity index (χ4v) is 3.16. The molecule has 1 heterocycles. The number of piperidine rings is 1. The minimum absolute atomic E-state index is 0.328. The highest BCUT2D eigenvalue weighted by molar-refractivity contribution is 7.98. The molecule has 1 unspecified atom stereocenters. The highest BCUT2D eigenvalue weighted by Crippen LogP contribution is 2.28. The molecule has 0 radical (unpaired) electrons. The van der Waals surface area contributed by atoms with Crippen molar-refractivity contribution >= 4 is 23.4 Å². The van der Waals surface area contributed by atoms with Crippen LogP contribution in [0, 0.1) is 0 Å².